The summed E-state index contributed by atoms with van der Waals surface area (Å²) in [5.74, 6) is 1.76. The minimum Gasteiger partial charge on any atom is -0.226 e. The van der Waals surface area contributed by atoms with E-state index in [1.54, 1.807) is 11.8 Å². The Balaban J connectivity index is 2.88. The number of hydrogen-bond donors (Lipinski definition) is 0. The summed E-state index contributed by atoms with van der Waals surface area (Å²) in [6.45, 7) is 10.8. The molecule has 0 fully saturated rings. The number of hydrogen-bond acceptors (Lipinski definition) is 3. The summed E-state index contributed by atoms with van der Waals surface area (Å²) in [6, 6.07) is 1.84. The monoisotopic (exact) mass is 258 g/mol. The number of halogens is 1. The molecule has 1 aromatic heterocycles. The zero-order chi connectivity index (χ0) is 12.3. The summed E-state index contributed by atoms with van der Waals surface area (Å²) >= 11 is 7.75. The van der Waals surface area contributed by atoms with Gasteiger partial charge in [-0.05, 0) is 5.92 Å². The second-order valence-corrected chi connectivity index (χ2v) is 6.39. The topological polar surface area (TPSA) is 25.8 Å². The van der Waals surface area contributed by atoms with Crippen molar-refractivity contribution >= 4 is 23.4 Å². The lowest BCUT2D eigenvalue weighted by molar-refractivity contribution is 0.640. The smallest absolute Gasteiger partial charge is 0.133 e. The summed E-state index contributed by atoms with van der Waals surface area (Å²) in [6.07, 6.45) is 0. The lowest BCUT2D eigenvalue weighted by Crippen LogP contribution is -2.07. The van der Waals surface area contributed by atoms with Crippen molar-refractivity contribution in [2.45, 2.75) is 50.8 Å². The molecule has 16 heavy (non-hydrogen) atoms. The standard InChI is InChI=1S/C12H19ClN2S/c1-7(2)9(5)16-11-6-10(13)14-12(15-11)8(3)4/h6-9H,1-5H3. The maximum atomic E-state index is 5.99. The molecule has 0 amide bonds. The fraction of sp³-hybridized carbons (Fsp3) is 0.667. The molecule has 0 N–H and O–H groups in total. The van der Waals surface area contributed by atoms with Crippen LogP contribution < -0.4 is 0 Å². The van der Waals surface area contributed by atoms with Gasteiger partial charge in [0.25, 0.3) is 0 Å². The van der Waals surface area contributed by atoms with E-state index < -0.39 is 0 Å². The van der Waals surface area contributed by atoms with Crippen molar-refractivity contribution in [3.8, 4) is 0 Å². The highest BCUT2D eigenvalue weighted by molar-refractivity contribution is 7.99. The lowest BCUT2D eigenvalue weighted by atomic mass is 10.2. The first-order valence-electron chi connectivity index (χ1n) is 5.61. The summed E-state index contributed by atoms with van der Waals surface area (Å²) in [5.41, 5.74) is 0. The molecule has 0 aliphatic rings. The summed E-state index contributed by atoms with van der Waals surface area (Å²) in [7, 11) is 0. The fourth-order valence-corrected chi connectivity index (χ4v) is 2.29. The highest BCUT2D eigenvalue weighted by Gasteiger charge is 2.12. The van der Waals surface area contributed by atoms with Gasteiger partial charge in [-0.15, -0.1) is 11.8 Å². The molecule has 0 spiro atoms. The van der Waals surface area contributed by atoms with Gasteiger partial charge in [0.1, 0.15) is 16.0 Å². The van der Waals surface area contributed by atoms with E-state index in [0.717, 1.165) is 10.9 Å². The van der Waals surface area contributed by atoms with Crippen molar-refractivity contribution in [2.24, 2.45) is 5.92 Å². The SMILES string of the molecule is CC(C)c1nc(Cl)cc(SC(C)C(C)C)n1. The first-order chi connectivity index (χ1) is 7.40. The lowest BCUT2D eigenvalue weighted by Gasteiger charge is -2.15. The predicted molar refractivity (Wildman–Crippen MR) is 71.3 cm³/mol. The number of aromatic nitrogens is 2. The van der Waals surface area contributed by atoms with Crippen LogP contribution in [0.5, 0.6) is 0 Å². The molecule has 0 aliphatic heterocycles. The van der Waals surface area contributed by atoms with Gasteiger partial charge in [-0.2, -0.15) is 0 Å². The largest absolute Gasteiger partial charge is 0.226 e. The van der Waals surface area contributed by atoms with Crippen LogP contribution >= 0.6 is 23.4 Å². The van der Waals surface area contributed by atoms with Gasteiger partial charge in [0.05, 0.1) is 0 Å². The van der Waals surface area contributed by atoms with E-state index in [1.165, 1.54) is 0 Å². The van der Waals surface area contributed by atoms with Gasteiger partial charge in [-0.1, -0.05) is 46.2 Å². The molecule has 0 aliphatic carbocycles. The predicted octanol–water partition coefficient (Wildman–Crippen LogP) is 4.39. The van der Waals surface area contributed by atoms with E-state index in [0.29, 0.717) is 22.2 Å². The molecule has 90 valence electrons. The van der Waals surface area contributed by atoms with Gasteiger partial charge in [-0.3, -0.25) is 0 Å². The molecular formula is C12H19ClN2S. The van der Waals surface area contributed by atoms with Crippen LogP contribution in [0.1, 0.15) is 46.4 Å². The first-order valence-corrected chi connectivity index (χ1v) is 6.87. The van der Waals surface area contributed by atoms with Gasteiger partial charge >= 0.3 is 0 Å². The van der Waals surface area contributed by atoms with Crippen molar-refractivity contribution in [2.75, 3.05) is 0 Å². The van der Waals surface area contributed by atoms with E-state index in [1.807, 2.05) is 6.07 Å². The van der Waals surface area contributed by atoms with Crippen LogP contribution in [-0.2, 0) is 0 Å². The third-order valence-corrected chi connectivity index (χ3v) is 4.01. The van der Waals surface area contributed by atoms with E-state index in [4.69, 9.17) is 11.6 Å². The Bertz CT molecular complexity index is 353. The normalized spacial score (nSPS) is 13.5. The Morgan fingerprint density at radius 3 is 2.25 bits per heavy atom. The minimum atomic E-state index is 0.312. The zero-order valence-electron chi connectivity index (χ0n) is 10.5. The highest BCUT2D eigenvalue weighted by Crippen LogP contribution is 2.28. The van der Waals surface area contributed by atoms with Gasteiger partial charge in [0.2, 0.25) is 0 Å². The maximum Gasteiger partial charge on any atom is 0.133 e. The van der Waals surface area contributed by atoms with Crippen molar-refractivity contribution in [3.05, 3.63) is 17.0 Å². The Morgan fingerprint density at radius 2 is 1.75 bits per heavy atom. The molecule has 1 heterocycles. The van der Waals surface area contributed by atoms with Crippen LogP contribution in [0.2, 0.25) is 5.15 Å². The Kier molecular flexibility index (Phi) is 5.06. The van der Waals surface area contributed by atoms with E-state index >= 15 is 0 Å². The van der Waals surface area contributed by atoms with Crippen LogP contribution in [-0.4, -0.2) is 15.2 Å². The maximum absolute atomic E-state index is 5.99. The van der Waals surface area contributed by atoms with Crippen LogP contribution in [0.4, 0.5) is 0 Å². The molecule has 1 rings (SSSR count). The second kappa shape index (κ2) is 5.87. The van der Waals surface area contributed by atoms with Crippen LogP contribution in [0.15, 0.2) is 11.1 Å². The van der Waals surface area contributed by atoms with Crippen molar-refractivity contribution in [1.82, 2.24) is 9.97 Å². The third-order valence-electron chi connectivity index (χ3n) is 2.45. The third kappa shape index (κ3) is 3.95. The van der Waals surface area contributed by atoms with Crippen LogP contribution in [0.3, 0.4) is 0 Å². The van der Waals surface area contributed by atoms with Gasteiger partial charge in [0, 0.05) is 17.2 Å². The molecule has 2 nitrogen and oxygen atoms in total. The molecular weight excluding hydrogens is 240 g/mol. The summed E-state index contributed by atoms with van der Waals surface area (Å²) in [5, 5.41) is 2.05. The Morgan fingerprint density at radius 1 is 1.12 bits per heavy atom. The molecule has 0 saturated carbocycles. The van der Waals surface area contributed by atoms with E-state index in [2.05, 4.69) is 44.6 Å². The summed E-state index contributed by atoms with van der Waals surface area (Å²) < 4.78 is 0. The first kappa shape index (κ1) is 13.8. The molecule has 0 saturated heterocycles. The van der Waals surface area contributed by atoms with Gasteiger partial charge in [0.15, 0.2) is 0 Å². The molecule has 4 heteroatoms. The molecule has 0 bridgehead atoms. The van der Waals surface area contributed by atoms with Gasteiger partial charge < -0.3 is 0 Å². The Labute approximate surface area is 107 Å². The zero-order valence-corrected chi connectivity index (χ0v) is 12.1. The van der Waals surface area contributed by atoms with E-state index in [-0.39, 0.29) is 0 Å². The van der Waals surface area contributed by atoms with Crippen LogP contribution in [0.25, 0.3) is 0 Å². The molecule has 1 unspecified atom stereocenters. The van der Waals surface area contributed by atoms with E-state index in [9.17, 15) is 0 Å². The number of rotatable bonds is 4. The molecule has 0 aromatic carbocycles. The minimum absolute atomic E-state index is 0.312. The number of nitrogens with zero attached hydrogens (tertiary/aromatic N) is 2. The average molecular weight is 259 g/mol. The van der Waals surface area contributed by atoms with Gasteiger partial charge in [-0.25, -0.2) is 9.97 Å². The number of thioether (sulfide) groups is 1. The van der Waals surface area contributed by atoms with Crippen molar-refractivity contribution in [1.29, 1.82) is 0 Å². The summed E-state index contributed by atoms with van der Waals surface area (Å²) in [4.78, 5) is 8.75. The van der Waals surface area contributed by atoms with Crippen molar-refractivity contribution in [3.63, 3.8) is 0 Å². The fourth-order valence-electron chi connectivity index (χ4n) is 1.06. The second-order valence-electron chi connectivity index (χ2n) is 4.61. The highest BCUT2D eigenvalue weighted by atomic mass is 35.5. The quantitative estimate of drug-likeness (QED) is 0.592. The van der Waals surface area contributed by atoms with Crippen LogP contribution in [0, 0.1) is 5.92 Å². The molecule has 1 atom stereocenters. The van der Waals surface area contributed by atoms with Crippen molar-refractivity contribution < 1.29 is 0 Å². The Hall–Kier alpha value is -0.280. The molecule has 1 aromatic rings. The average Bonchev–Trinajstić information content (AvgIpc) is 2.16. The molecule has 0 radical (unpaired) electrons.